The third kappa shape index (κ3) is 3.44. The van der Waals surface area contributed by atoms with E-state index in [1.807, 2.05) is 20.0 Å². The molecule has 1 amide bonds. The fraction of sp³-hybridized carbons (Fsp3) is 0.500. The number of carbonyl (C=O) groups excluding carboxylic acids is 1. The lowest BCUT2D eigenvalue weighted by molar-refractivity contribution is -0.126. The van der Waals surface area contributed by atoms with Crippen LogP contribution in [0.1, 0.15) is 18.5 Å². The first-order chi connectivity index (χ1) is 9.52. The van der Waals surface area contributed by atoms with Gasteiger partial charge in [-0.1, -0.05) is 29.3 Å². The molecule has 0 bridgehead atoms. The van der Waals surface area contributed by atoms with Gasteiger partial charge in [0.15, 0.2) is 0 Å². The van der Waals surface area contributed by atoms with E-state index in [2.05, 4.69) is 10.6 Å². The second-order valence-electron chi connectivity index (χ2n) is 4.94. The Morgan fingerprint density at radius 1 is 1.40 bits per heavy atom. The van der Waals surface area contributed by atoms with Crippen molar-refractivity contribution in [3.8, 4) is 0 Å². The lowest BCUT2D eigenvalue weighted by atomic mass is 10.0. The van der Waals surface area contributed by atoms with E-state index < -0.39 is 0 Å². The van der Waals surface area contributed by atoms with E-state index in [0.29, 0.717) is 23.3 Å². The second kappa shape index (κ2) is 6.76. The van der Waals surface area contributed by atoms with E-state index >= 15 is 0 Å². The Morgan fingerprint density at radius 2 is 2.15 bits per heavy atom. The first-order valence-corrected chi connectivity index (χ1v) is 7.29. The molecule has 0 aliphatic carbocycles. The van der Waals surface area contributed by atoms with Crippen molar-refractivity contribution in [2.24, 2.45) is 5.92 Å². The number of carbonyl (C=O) groups is 1. The maximum Gasteiger partial charge on any atom is 0.227 e. The molecule has 2 N–H and O–H groups in total. The van der Waals surface area contributed by atoms with Crippen LogP contribution in [0.2, 0.25) is 10.0 Å². The normalized spacial score (nSPS) is 23.6. The average Bonchev–Trinajstić information content (AvgIpc) is 2.86. The molecule has 0 radical (unpaired) electrons. The number of hydrogen-bond acceptors (Lipinski definition) is 3. The lowest BCUT2D eigenvalue weighted by Gasteiger charge is -2.21. The fourth-order valence-electron chi connectivity index (χ4n) is 2.35. The van der Waals surface area contributed by atoms with Crippen LogP contribution in [-0.2, 0) is 9.53 Å². The molecule has 6 heteroatoms. The molecule has 1 heterocycles. The van der Waals surface area contributed by atoms with Crippen LogP contribution in [0.3, 0.4) is 0 Å². The van der Waals surface area contributed by atoms with Gasteiger partial charge in [0, 0.05) is 16.1 Å². The predicted molar refractivity (Wildman–Crippen MR) is 80.2 cm³/mol. The number of halogens is 2. The Balaban J connectivity index is 2.03. The van der Waals surface area contributed by atoms with E-state index in [1.54, 1.807) is 12.1 Å². The van der Waals surface area contributed by atoms with Crippen LogP contribution in [0.4, 0.5) is 0 Å². The molecule has 1 aromatic carbocycles. The van der Waals surface area contributed by atoms with Crippen LogP contribution in [0.15, 0.2) is 18.2 Å². The van der Waals surface area contributed by atoms with E-state index in [-0.39, 0.29) is 23.9 Å². The summed E-state index contributed by atoms with van der Waals surface area (Å²) in [6.07, 6.45) is 0. The summed E-state index contributed by atoms with van der Waals surface area (Å²) in [6, 6.07) is 5.15. The lowest BCUT2D eigenvalue weighted by Crippen LogP contribution is -2.43. The number of ether oxygens (including phenoxy) is 1. The summed E-state index contributed by atoms with van der Waals surface area (Å²) in [4.78, 5) is 12.3. The molecule has 1 saturated heterocycles. The standard InChI is InChI=1S/C14H18Cl2N2O2/c1-8(10-4-3-9(15)5-12(10)16)18-14(19)11-6-20-7-13(11)17-2/h3-5,8,11,13,17H,6-7H2,1-2H3,(H,18,19). The summed E-state index contributed by atoms with van der Waals surface area (Å²) >= 11 is 12.0. The summed E-state index contributed by atoms with van der Waals surface area (Å²) in [7, 11) is 1.83. The molecule has 1 fully saturated rings. The predicted octanol–water partition coefficient (Wildman–Crippen LogP) is 2.41. The van der Waals surface area contributed by atoms with Gasteiger partial charge < -0.3 is 15.4 Å². The van der Waals surface area contributed by atoms with Gasteiger partial charge in [0.1, 0.15) is 0 Å². The third-order valence-electron chi connectivity index (χ3n) is 3.58. The molecule has 3 unspecified atom stereocenters. The fourth-order valence-corrected chi connectivity index (χ4v) is 2.92. The molecule has 1 aliphatic rings. The van der Waals surface area contributed by atoms with Gasteiger partial charge in [0.05, 0.1) is 25.2 Å². The van der Waals surface area contributed by atoms with Crippen molar-refractivity contribution in [1.82, 2.24) is 10.6 Å². The average molecular weight is 317 g/mol. The zero-order valence-electron chi connectivity index (χ0n) is 11.5. The minimum atomic E-state index is -0.176. The van der Waals surface area contributed by atoms with Crippen molar-refractivity contribution >= 4 is 29.1 Å². The van der Waals surface area contributed by atoms with E-state index in [4.69, 9.17) is 27.9 Å². The van der Waals surface area contributed by atoms with Crippen molar-refractivity contribution in [2.75, 3.05) is 20.3 Å². The molecule has 110 valence electrons. The van der Waals surface area contributed by atoms with E-state index in [0.717, 1.165) is 5.56 Å². The topological polar surface area (TPSA) is 50.4 Å². The molecule has 1 aliphatic heterocycles. The van der Waals surface area contributed by atoms with Crippen LogP contribution < -0.4 is 10.6 Å². The number of amides is 1. The molecule has 20 heavy (non-hydrogen) atoms. The van der Waals surface area contributed by atoms with Crippen molar-refractivity contribution in [2.45, 2.75) is 19.0 Å². The summed E-state index contributed by atoms with van der Waals surface area (Å²) in [5.74, 6) is -0.200. The summed E-state index contributed by atoms with van der Waals surface area (Å²) in [5, 5.41) is 7.21. The van der Waals surface area contributed by atoms with Gasteiger partial charge in [-0.2, -0.15) is 0 Å². The molecular weight excluding hydrogens is 299 g/mol. The van der Waals surface area contributed by atoms with Gasteiger partial charge in [-0.05, 0) is 31.7 Å². The van der Waals surface area contributed by atoms with Gasteiger partial charge in [-0.25, -0.2) is 0 Å². The third-order valence-corrected chi connectivity index (χ3v) is 4.14. The number of likely N-dealkylation sites (N-methyl/N-ethyl adjacent to an activating group) is 1. The van der Waals surface area contributed by atoms with Crippen molar-refractivity contribution in [1.29, 1.82) is 0 Å². The molecule has 2 rings (SSSR count). The number of nitrogens with one attached hydrogen (secondary N) is 2. The minimum Gasteiger partial charge on any atom is -0.379 e. The van der Waals surface area contributed by atoms with Crippen LogP contribution in [0.25, 0.3) is 0 Å². The van der Waals surface area contributed by atoms with Gasteiger partial charge in [-0.3, -0.25) is 4.79 Å². The van der Waals surface area contributed by atoms with Gasteiger partial charge in [0.2, 0.25) is 5.91 Å². The minimum absolute atomic E-state index is 0.0274. The van der Waals surface area contributed by atoms with Crippen molar-refractivity contribution in [3.05, 3.63) is 33.8 Å². The highest BCUT2D eigenvalue weighted by atomic mass is 35.5. The summed E-state index contributed by atoms with van der Waals surface area (Å²) in [5.41, 5.74) is 0.851. The molecule has 3 atom stereocenters. The summed E-state index contributed by atoms with van der Waals surface area (Å²) in [6.45, 7) is 2.90. The van der Waals surface area contributed by atoms with Gasteiger partial charge >= 0.3 is 0 Å². The Bertz CT molecular complexity index is 496. The highest BCUT2D eigenvalue weighted by molar-refractivity contribution is 6.35. The Hall–Kier alpha value is -0.810. The van der Waals surface area contributed by atoms with Gasteiger partial charge in [0.25, 0.3) is 0 Å². The van der Waals surface area contributed by atoms with Gasteiger partial charge in [-0.15, -0.1) is 0 Å². The maximum atomic E-state index is 12.3. The number of hydrogen-bond donors (Lipinski definition) is 2. The zero-order valence-corrected chi connectivity index (χ0v) is 13.0. The molecule has 4 nitrogen and oxygen atoms in total. The smallest absolute Gasteiger partial charge is 0.227 e. The largest absolute Gasteiger partial charge is 0.379 e. The monoisotopic (exact) mass is 316 g/mol. The maximum absolute atomic E-state index is 12.3. The first-order valence-electron chi connectivity index (χ1n) is 6.53. The van der Waals surface area contributed by atoms with E-state index in [9.17, 15) is 4.79 Å². The van der Waals surface area contributed by atoms with Crippen LogP contribution in [0, 0.1) is 5.92 Å². The highest BCUT2D eigenvalue weighted by Crippen LogP contribution is 2.26. The number of rotatable bonds is 4. The quantitative estimate of drug-likeness (QED) is 0.897. The first kappa shape index (κ1) is 15.6. The van der Waals surface area contributed by atoms with Crippen LogP contribution >= 0.6 is 23.2 Å². The zero-order chi connectivity index (χ0) is 14.7. The molecular formula is C14H18Cl2N2O2. The molecule has 0 saturated carbocycles. The Labute approximate surface area is 128 Å². The molecule has 0 spiro atoms. The van der Waals surface area contributed by atoms with Crippen molar-refractivity contribution < 1.29 is 9.53 Å². The Kier molecular flexibility index (Phi) is 5.27. The van der Waals surface area contributed by atoms with Crippen molar-refractivity contribution in [3.63, 3.8) is 0 Å². The molecule has 0 aromatic heterocycles. The second-order valence-corrected chi connectivity index (χ2v) is 5.78. The summed E-state index contributed by atoms with van der Waals surface area (Å²) < 4.78 is 5.34. The van der Waals surface area contributed by atoms with E-state index in [1.165, 1.54) is 0 Å². The SMILES string of the molecule is CNC1COCC1C(=O)NC(C)c1ccc(Cl)cc1Cl. The molecule has 1 aromatic rings. The highest BCUT2D eigenvalue weighted by Gasteiger charge is 2.33. The Morgan fingerprint density at radius 3 is 2.80 bits per heavy atom. The number of benzene rings is 1. The van der Waals surface area contributed by atoms with Crippen LogP contribution in [0.5, 0.6) is 0 Å². The van der Waals surface area contributed by atoms with Crippen LogP contribution in [-0.4, -0.2) is 32.2 Å².